The standard InChI is InChI=1S/C15H10BrN3O2S/c16-11-5-3-10(4-6-11)14-18-19-15(21-14)17-13(20)8-7-12-2-1-9-22-12/h1-9H,(H,17,19,20)/b8-7+. The van der Waals surface area contributed by atoms with Crippen molar-refractivity contribution >= 4 is 45.3 Å². The van der Waals surface area contributed by atoms with Gasteiger partial charge in [0.2, 0.25) is 5.89 Å². The molecule has 0 unspecified atom stereocenters. The summed E-state index contributed by atoms with van der Waals surface area (Å²) >= 11 is 4.91. The Hall–Kier alpha value is -2.25. The first-order chi connectivity index (χ1) is 10.7. The zero-order valence-electron chi connectivity index (χ0n) is 11.2. The van der Waals surface area contributed by atoms with E-state index in [9.17, 15) is 4.79 Å². The van der Waals surface area contributed by atoms with Crippen molar-refractivity contribution in [1.29, 1.82) is 0 Å². The molecule has 1 amide bonds. The Morgan fingerprint density at radius 1 is 1.23 bits per heavy atom. The van der Waals surface area contributed by atoms with Gasteiger partial charge in [-0.15, -0.1) is 16.4 Å². The number of aromatic nitrogens is 2. The van der Waals surface area contributed by atoms with Crippen LogP contribution in [0.1, 0.15) is 4.88 Å². The minimum atomic E-state index is -0.320. The summed E-state index contributed by atoms with van der Waals surface area (Å²) in [5.74, 6) is 0.0319. The van der Waals surface area contributed by atoms with E-state index in [1.807, 2.05) is 41.8 Å². The van der Waals surface area contributed by atoms with Crippen LogP contribution in [0.25, 0.3) is 17.5 Å². The van der Waals surface area contributed by atoms with Crippen molar-refractivity contribution in [1.82, 2.24) is 10.2 Å². The molecule has 5 nitrogen and oxygen atoms in total. The number of thiophene rings is 1. The molecule has 0 aliphatic carbocycles. The molecule has 3 rings (SSSR count). The zero-order valence-corrected chi connectivity index (χ0v) is 13.6. The average molecular weight is 376 g/mol. The van der Waals surface area contributed by atoms with Gasteiger partial charge in [-0.05, 0) is 41.8 Å². The fraction of sp³-hybridized carbons (Fsp3) is 0. The first-order valence-electron chi connectivity index (χ1n) is 6.33. The van der Waals surface area contributed by atoms with Crippen LogP contribution in [0.5, 0.6) is 0 Å². The van der Waals surface area contributed by atoms with Crippen LogP contribution in [-0.2, 0) is 4.79 Å². The van der Waals surface area contributed by atoms with Crippen molar-refractivity contribution in [3.63, 3.8) is 0 Å². The lowest BCUT2D eigenvalue weighted by Gasteiger charge is -1.95. The van der Waals surface area contributed by atoms with Crippen molar-refractivity contribution < 1.29 is 9.21 Å². The highest BCUT2D eigenvalue weighted by atomic mass is 79.9. The van der Waals surface area contributed by atoms with E-state index < -0.39 is 0 Å². The monoisotopic (exact) mass is 375 g/mol. The molecular formula is C15H10BrN3O2S. The molecule has 0 aliphatic rings. The highest BCUT2D eigenvalue weighted by molar-refractivity contribution is 9.10. The van der Waals surface area contributed by atoms with Crippen LogP contribution in [0.4, 0.5) is 6.01 Å². The van der Waals surface area contributed by atoms with Gasteiger partial charge in [-0.3, -0.25) is 10.1 Å². The smallest absolute Gasteiger partial charge is 0.322 e. The maximum Gasteiger partial charge on any atom is 0.322 e. The molecule has 0 aliphatic heterocycles. The number of rotatable bonds is 4. The Kier molecular flexibility index (Phi) is 4.45. The van der Waals surface area contributed by atoms with E-state index in [0.717, 1.165) is 14.9 Å². The topological polar surface area (TPSA) is 68.0 Å². The molecule has 0 saturated heterocycles. The number of anilines is 1. The molecule has 0 saturated carbocycles. The van der Waals surface area contributed by atoms with Gasteiger partial charge in [0, 0.05) is 21.0 Å². The van der Waals surface area contributed by atoms with Gasteiger partial charge in [-0.1, -0.05) is 27.1 Å². The summed E-state index contributed by atoms with van der Waals surface area (Å²) in [6, 6.07) is 11.4. The highest BCUT2D eigenvalue weighted by Crippen LogP contribution is 2.21. The number of halogens is 1. The first-order valence-corrected chi connectivity index (χ1v) is 8.00. The quantitative estimate of drug-likeness (QED) is 0.693. The van der Waals surface area contributed by atoms with E-state index >= 15 is 0 Å². The third-order valence-electron chi connectivity index (χ3n) is 2.69. The predicted octanol–water partition coefficient (Wildman–Crippen LogP) is 4.21. The summed E-state index contributed by atoms with van der Waals surface area (Å²) in [5, 5.41) is 12.2. The second-order valence-electron chi connectivity index (χ2n) is 4.26. The van der Waals surface area contributed by atoms with E-state index in [4.69, 9.17) is 4.42 Å². The van der Waals surface area contributed by atoms with Crippen molar-refractivity contribution in [2.45, 2.75) is 0 Å². The molecule has 22 heavy (non-hydrogen) atoms. The second-order valence-corrected chi connectivity index (χ2v) is 6.15. The minimum absolute atomic E-state index is 0.0683. The van der Waals surface area contributed by atoms with Crippen LogP contribution in [-0.4, -0.2) is 16.1 Å². The van der Waals surface area contributed by atoms with Gasteiger partial charge in [0.25, 0.3) is 5.91 Å². The molecule has 1 aromatic carbocycles. The SMILES string of the molecule is O=C(/C=C/c1cccs1)Nc1nnc(-c2ccc(Br)cc2)o1. The largest absolute Gasteiger partial charge is 0.403 e. The van der Waals surface area contributed by atoms with Crippen LogP contribution in [0, 0.1) is 0 Å². The summed E-state index contributed by atoms with van der Waals surface area (Å²) in [7, 11) is 0. The average Bonchev–Trinajstić information content (AvgIpc) is 3.17. The number of carbonyl (C=O) groups is 1. The predicted molar refractivity (Wildman–Crippen MR) is 89.4 cm³/mol. The normalized spacial score (nSPS) is 11.0. The number of amides is 1. The number of hydrogen-bond donors (Lipinski definition) is 1. The third kappa shape index (κ3) is 3.69. The van der Waals surface area contributed by atoms with Crippen molar-refractivity contribution in [3.8, 4) is 11.5 Å². The van der Waals surface area contributed by atoms with Gasteiger partial charge >= 0.3 is 6.01 Å². The van der Waals surface area contributed by atoms with Crippen LogP contribution in [0.2, 0.25) is 0 Å². The number of benzene rings is 1. The minimum Gasteiger partial charge on any atom is -0.403 e. The zero-order chi connectivity index (χ0) is 15.4. The molecule has 2 heterocycles. The Balaban J connectivity index is 1.66. The van der Waals surface area contributed by atoms with E-state index in [2.05, 4.69) is 31.4 Å². The molecule has 0 radical (unpaired) electrons. The Morgan fingerprint density at radius 3 is 2.77 bits per heavy atom. The molecule has 0 spiro atoms. The van der Waals surface area contributed by atoms with Gasteiger partial charge in [0.15, 0.2) is 0 Å². The third-order valence-corrected chi connectivity index (χ3v) is 4.05. The van der Waals surface area contributed by atoms with Gasteiger partial charge in [0.05, 0.1) is 0 Å². The van der Waals surface area contributed by atoms with E-state index in [1.165, 1.54) is 6.08 Å². The molecule has 110 valence electrons. The van der Waals surface area contributed by atoms with Gasteiger partial charge < -0.3 is 4.42 Å². The fourth-order valence-electron chi connectivity index (χ4n) is 1.67. The second kappa shape index (κ2) is 6.67. The number of nitrogens with zero attached hydrogens (tertiary/aromatic N) is 2. The maximum absolute atomic E-state index is 11.8. The molecule has 3 aromatic rings. The molecule has 0 fully saturated rings. The number of nitrogens with one attached hydrogen (secondary N) is 1. The van der Waals surface area contributed by atoms with Crippen LogP contribution < -0.4 is 5.32 Å². The molecule has 7 heteroatoms. The van der Waals surface area contributed by atoms with Gasteiger partial charge in [-0.25, -0.2) is 0 Å². The van der Waals surface area contributed by atoms with Crippen molar-refractivity contribution in [3.05, 3.63) is 57.2 Å². The van der Waals surface area contributed by atoms with Crippen LogP contribution in [0.15, 0.2) is 56.7 Å². The fourth-order valence-corrected chi connectivity index (χ4v) is 2.56. The van der Waals surface area contributed by atoms with E-state index in [0.29, 0.717) is 5.89 Å². The molecule has 0 atom stereocenters. The summed E-state index contributed by atoms with van der Waals surface area (Å²) in [6.07, 6.45) is 3.15. The van der Waals surface area contributed by atoms with Gasteiger partial charge in [-0.2, -0.15) is 0 Å². The van der Waals surface area contributed by atoms with Gasteiger partial charge in [0.1, 0.15) is 0 Å². The lowest BCUT2D eigenvalue weighted by atomic mass is 10.2. The lowest BCUT2D eigenvalue weighted by molar-refractivity contribution is -0.112. The Labute approximate surface area is 138 Å². The number of hydrogen-bond acceptors (Lipinski definition) is 5. The van der Waals surface area contributed by atoms with E-state index in [1.54, 1.807) is 17.4 Å². The Bertz CT molecular complexity index is 795. The summed E-state index contributed by atoms with van der Waals surface area (Å²) in [4.78, 5) is 12.8. The summed E-state index contributed by atoms with van der Waals surface area (Å²) in [6.45, 7) is 0. The first kappa shape index (κ1) is 14.7. The Morgan fingerprint density at radius 2 is 2.05 bits per heavy atom. The van der Waals surface area contributed by atoms with Crippen molar-refractivity contribution in [2.75, 3.05) is 5.32 Å². The van der Waals surface area contributed by atoms with E-state index in [-0.39, 0.29) is 11.9 Å². The molecule has 1 N–H and O–H groups in total. The summed E-state index contributed by atoms with van der Waals surface area (Å²) < 4.78 is 6.38. The van der Waals surface area contributed by atoms with Crippen molar-refractivity contribution in [2.24, 2.45) is 0 Å². The molecule has 2 aromatic heterocycles. The summed E-state index contributed by atoms with van der Waals surface area (Å²) in [5.41, 5.74) is 0.783. The van der Waals surface area contributed by atoms with Crippen LogP contribution in [0.3, 0.4) is 0 Å². The number of carbonyl (C=O) groups excluding carboxylic acids is 1. The van der Waals surface area contributed by atoms with Crippen LogP contribution >= 0.6 is 27.3 Å². The maximum atomic E-state index is 11.8. The highest BCUT2D eigenvalue weighted by Gasteiger charge is 2.09. The lowest BCUT2D eigenvalue weighted by Crippen LogP contribution is -2.07. The molecule has 0 bridgehead atoms. The molecular weight excluding hydrogens is 366 g/mol.